The van der Waals surface area contributed by atoms with Crippen LogP contribution in [0.4, 0.5) is 5.13 Å². The van der Waals surface area contributed by atoms with Gasteiger partial charge in [0.25, 0.3) is 0 Å². The minimum atomic E-state index is 0.268. The van der Waals surface area contributed by atoms with Crippen LogP contribution in [0.3, 0.4) is 0 Å². The van der Waals surface area contributed by atoms with Crippen molar-refractivity contribution in [2.75, 3.05) is 18.6 Å². The van der Waals surface area contributed by atoms with E-state index in [1.807, 2.05) is 60.0 Å². The third-order valence-corrected chi connectivity index (χ3v) is 4.41. The highest BCUT2D eigenvalue weighted by molar-refractivity contribution is 7.14. The average molecular weight is 351 g/mol. The van der Waals surface area contributed by atoms with Gasteiger partial charge in [-0.1, -0.05) is 30.3 Å². The molecule has 0 bridgehead atoms. The Morgan fingerprint density at radius 2 is 2.00 bits per heavy atom. The van der Waals surface area contributed by atoms with Crippen molar-refractivity contribution in [1.29, 1.82) is 0 Å². The lowest BCUT2D eigenvalue weighted by atomic mass is 10.2. The summed E-state index contributed by atoms with van der Waals surface area (Å²) in [5, 5.41) is 7.03. The van der Waals surface area contributed by atoms with E-state index in [4.69, 9.17) is 9.47 Å². The van der Waals surface area contributed by atoms with E-state index in [2.05, 4.69) is 15.5 Å². The first kappa shape index (κ1) is 15.8. The van der Waals surface area contributed by atoms with E-state index in [0.717, 1.165) is 34.3 Å². The van der Waals surface area contributed by atoms with Crippen LogP contribution in [0.2, 0.25) is 0 Å². The van der Waals surface area contributed by atoms with Crippen LogP contribution in [0, 0.1) is 0 Å². The van der Waals surface area contributed by atoms with Crippen molar-refractivity contribution in [3.8, 4) is 17.0 Å². The first-order valence-electron chi connectivity index (χ1n) is 8.01. The number of epoxide rings is 1. The zero-order valence-corrected chi connectivity index (χ0v) is 14.3. The fourth-order valence-electron chi connectivity index (χ4n) is 2.23. The van der Waals surface area contributed by atoms with Gasteiger partial charge >= 0.3 is 0 Å². The summed E-state index contributed by atoms with van der Waals surface area (Å²) < 4.78 is 10.7. The maximum absolute atomic E-state index is 5.61. The van der Waals surface area contributed by atoms with Gasteiger partial charge in [-0.15, -0.1) is 11.3 Å². The topological polar surface area (TPSA) is 59.0 Å². The molecular formula is C19H17N3O2S. The Kier molecular flexibility index (Phi) is 4.72. The Bertz CT molecular complexity index is 843. The van der Waals surface area contributed by atoms with Gasteiger partial charge in [0.2, 0.25) is 5.13 Å². The second-order valence-electron chi connectivity index (χ2n) is 5.61. The molecule has 4 rings (SSSR count). The zero-order valence-electron chi connectivity index (χ0n) is 13.5. The molecule has 0 saturated carbocycles. The van der Waals surface area contributed by atoms with Crippen LogP contribution < -0.4 is 10.2 Å². The number of benzene rings is 2. The molecule has 1 aliphatic heterocycles. The summed E-state index contributed by atoms with van der Waals surface area (Å²) in [6, 6.07) is 17.9. The molecule has 5 nitrogen and oxygen atoms in total. The predicted octanol–water partition coefficient (Wildman–Crippen LogP) is 4.03. The molecule has 1 aliphatic rings. The molecule has 0 amide bonds. The van der Waals surface area contributed by atoms with Gasteiger partial charge in [0.05, 0.1) is 18.5 Å². The molecule has 0 spiro atoms. The maximum Gasteiger partial charge on any atom is 0.203 e. The number of ether oxygens (including phenoxy) is 2. The van der Waals surface area contributed by atoms with Crippen molar-refractivity contribution >= 4 is 22.7 Å². The summed E-state index contributed by atoms with van der Waals surface area (Å²) in [6.07, 6.45) is 2.03. The van der Waals surface area contributed by atoms with E-state index in [1.54, 1.807) is 6.21 Å². The van der Waals surface area contributed by atoms with Crippen LogP contribution in [0.5, 0.6) is 5.75 Å². The number of nitrogens with one attached hydrogen (secondary N) is 1. The van der Waals surface area contributed by atoms with E-state index >= 15 is 0 Å². The molecule has 0 radical (unpaired) electrons. The highest BCUT2D eigenvalue weighted by atomic mass is 32.1. The summed E-state index contributed by atoms with van der Waals surface area (Å²) in [4.78, 5) is 4.53. The van der Waals surface area contributed by atoms with E-state index < -0.39 is 0 Å². The Hall–Kier alpha value is -2.70. The van der Waals surface area contributed by atoms with Crippen molar-refractivity contribution in [2.45, 2.75) is 6.10 Å². The molecule has 3 aromatic rings. The average Bonchev–Trinajstić information content (AvgIpc) is 3.38. The van der Waals surface area contributed by atoms with Crippen LogP contribution in [0.1, 0.15) is 5.56 Å². The number of hydrazone groups is 1. The molecule has 1 saturated heterocycles. The van der Waals surface area contributed by atoms with Crippen LogP contribution in [0.25, 0.3) is 11.3 Å². The number of anilines is 1. The van der Waals surface area contributed by atoms with E-state index in [0.29, 0.717) is 6.61 Å². The quantitative estimate of drug-likeness (QED) is 0.397. The number of aromatic nitrogens is 1. The van der Waals surface area contributed by atoms with Gasteiger partial charge in [-0.2, -0.15) is 5.10 Å². The third-order valence-electron chi connectivity index (χ3n) is 3.67. The van der Waals surface area contributed by atoms with E-state index in [-0.39, 0.29) is 6.10 Å². The Balaban J connectivity index is 1.32. The summed E-state index contributed by atoms with van der Waals surface area (Å²) >= 11 is 1.53. The monoisotopic (exact) mass is 351 g/mol. The number of hydrogen-bond donors (Lipinski definition) is 1. The van der Waals surface area contributed by atoms with Crippen molar-refractivity contribution in [3.05, 3.63) is 65.5 Å². The van der Waals surface area contributed by atoms with Gasteiger partial charge in [0.15, 0.2) is 0 Å². The van der Waals surface area contributed by atoms with Gasteiger partial charge in [-0.3, -0.25) is 5.43 Å². The van der Waals surface area contributed by atoms with Gasteiger partial charge in [0, 0.05) is 10.9 Å². The summed E-state index contributed by atoms with van der Waals surface area (Å²) in [6.45, 7) is 1.42. The summed E-state index contributed by atoms with van der Waals surface area (Å²) in [7, 11) is 0. The Morgan fingerprint density at radius 1 is 1.20 bits per heavy atom. The molecule has 1 fully saturated rings. The number of nitrogens with zero attached hydrogens (tertiary/aromatic N) is 2. The fraction of sp³-hybridized carbons (Fsp3) is 0.158. The molecule has 6 heteroatoms. The number of thiazole rings is 1. The van der Waals surface area contributed by atoms with Gasteiger partial charge < -0.3 is 9.47 Å². The van der Waals surface area contributed by atoms with Crippen molar-refractivity contribution < 1.29 is 9.47 Å². The summed E-state index contributed by atoms with van der Waals surface area (Å²) in [5.41, 5.74) is 6.01. The molecule has 2 heterocycles. The molecule has 2 aromatic carbocycles. The van der Waals surface area contributed by atoms with Crippen LogP contribution in [-0.2, 0) is 4.74 Å². The molecular weight excluding hydrogens is 334 g/mol. The molecule has 1 unspecified atom stereocenters. The Morgan fingerprint density at radius 3 is 2.76 bits per heavy atom. The fourth-order valence-corrected chi connectivity index (χ4v) is 2.90. The lowest BCUT2D eigenvalue weighted by molar-refractivity contribution is 0.263. The van der Waals surface area contributed by atoms with E-state index in [9.17, 15) is 0 Å². The largest absolute Gasteiger partial charge is 0.491 e. The molecule has 1 aromatic heterocycles. The first-order chi connectivity index (χ1) is 12.4. The standard InChI is InChI=1S/C19H17N3O2S/c1-2-4-15(5-3-1)18-13-25-19(21-18)22-20-10-14-6-8-16(9-7-14)23-11-17-12-24-17/h1-10,13,17H,11-12H2,(H,21,22). The van der Waals surface area contributed by atoms with Crippen LogP contribution >= 0.6 is 11.3 Å². The van der Waals surface area contributed by atoms with Crippen molar-refractivity contribution in [1.82, 2.24) is 4.98 Å². The lowest BCUT2D eigenvalue weighted by Gasteiger charge is -2.03. The number of hydrogen-bond acceptors (Lipinski definition) is 6. The van der Waals surface area contributed by atoms with Crippen molar-refractivity contribution in [3.63, 3.8) is 0 Å². The maximum atomic E-state index is 5.61. The Labute approximate surface area is 150 Å². The molecule has 1 atom stereocenters. The minimum absolute atomic E-state index is 0.268. The molecule has 1 N–H and O–H groups in total. The lowest BCUT2D eigenvalue weighted by Crippen LogP contribution is -2.03. The SMILES string of the molecule is C(=NNc1nc(-c2ccccc2)cs1)c1ccc(OCC2CO2)cc1. The molecule has 0 aliphatic carbocycles. The highest BCUT2D eigenvalue weighted by Crippen LogP contribution is 2.24. The smallest absolute Gasteiger partial charge is 0.203 e. The molecule has 126 valence electrons. The summed E-state index contributed by atoms with van der Waals surface area (Å²) in [5.74, 6) is 0.841. The van der Waals surface area contributed by atoms with Gasteiger partial charge in [0.1, 0.15) is 18.5 Å². The van der Waals surface area contributed by atoms with Gasteiger partial charge in [-0.25, -0.2) is 4.98 Å². The third kappa shape index (κ3) is 4.43. The van der Waals surface area contributed by atoms with Crippen LogP contribution in [-0.4, -0.2) is 30.5 Å². The number of rotatable bonds is 7. The first-order valence-corrected chi connectivity index (χ1v) is 8.89. The van der Waals surface area contributed by atoms with Crippen LogP contribution in [0.15, 0.2) is 65.1 Å². The predicted molar refractivity (Wildman–Crippen MR) is 100 cm³/mol. The highest BCUT2D eigenvalue weighted by Gasteiger charge is 2.22. The van der Waals surface area contributed by atoms with Crippen molar-refractivity contribution in [2.24, 2.45) is 5.10 Å². The van der Waals surface area contributed by atoms with E-state index in [1.165, 1.54) is 11.3 Å². The second kappa shape index (κ2) is 7.46. The normalized spacial score (nSPS) is 16.1. The minimum Gasteiger partial charge on any atom is -0.491 e. The second-order valence-corrected chi connectivity index (χ2v) is 6.47. The zero-order chi connectivity index (χ0) is 16.9. The molecule has 25 heavy (non-hydrogen) atoms. The van der Waals surface area contributed by atoms with Gasteiger partial charge in [-0.05, 0) is 29.8 Å².